The third-order valence-electron chi connectivity index (χ3n) is 3.03. The van der Waals surface area contributed by atoms with Crippen LogP contribution in [0.25, 0.3) is 0 Å². The predicted octanol–water partition coefficient (Wildman–Crippen LogP) is 1.73. The zero-order chi connectivity index (χ0) is 15.6. The van der Waals surface area contributed by atoms with E-state index in [0.29, 0.717) is 16.9 Å². The fourth-order valence-corrected chi connectivity index (χ4v) is 2.46. The number of furan rings is 1. The van der Waals surface area contributed by atoms with Crippen molar-refractivity contribution in [2.45, 2.75) is 24.8 Å². The molecule has 112 valence electrons. The van der Waals surface area contributed by atoms with E-state index >= 15 is 0 Å². The average Bonchev–Trinajstić information content (AvgIpc) is 2.84. The zero-order valence-corrected chi connectivity index (χ0v) is 12.5. The summed E-state index contributed by atoms with van der Waals surface area (Å²) in [4.78, 5) is 12.0. The van der Waals surface area contributed by atoms with Crippen LogP contribution in [0.15, 0.2) is 45.9 Å². The SMILES string of the molecule is Cc1cc(C(=O)NC(C)c2cccc(S(N)(=O)=O)c2)co1. The Hall–Kier alpha value is -2.12. The van der Waals surface area contributed by atoms with E-state index in [9.17, 15) is 13.2 Å². The van der Waals surface area contributed by atoms with Crippen molar-refractivity contribution in [3.05, 3.63) is 53.5 Å². The summed E-state index contributed by atoms with van der Waals surface area (Å²) >= 11 is 0. The van der Waals surface area contributed by atoms with Crippen LogP contribution in [0.3, 0.4) is 0 Å². The molecule has 0 aliphatic rings. The number of carbonyl (C=O) groups is 1. The topological polar surface area (TPSA) is 102 Å². The van der Waals surface area contributed by atoms with Crippen molar-refractivity contribution in [3.63, 3.8) is 0 Å². The van der Waals surface area contributed by atoms with Crippen molar-refractivity contribution in [1.29, 1.82) is 0 Å². The van der Waals surface area contributed by atoms with Gasteiger partial charge in [0.25, 0.3) is 5.91 Å². The van der Waals surface area contributed by atoms with E-state index in [1.165, 1.54) is 18.4 Å². The highest BCUT2D eigenvalue weighted by Crippen LogP contribution is 2.17. The fourth-order valence-electron chi connectivity index (χ4n) is 1.89. The third kappa shape index (κ3) is 3.71. The maximum absolute atomic E-state index is 12.0. The minimum absolute atomic E-state index is 0.0141. The number of carbonyl (C=O) groups excluding carboxylic acids is 1. The first-order valence-corrected chi connectivity index (χ1v) is 7.81. The molecule has 21 heavy (non-hydrogen) atoms. The van der Waals surface area contributed by atoms with Gasteiger partial charge in [-0.05, 0) is 37.6 Å². The molecular formula is C14H16N2O4S. The molecule has 1 heterocycles. The number of nitrogens with one attached hydrogen (secondary N) is 1. The van der Waals surface area contributed by atoms with Crippen molar-refractivity contribution < 1.29 is 17.6 Å². The smallest absolute Gasteiger partial charge is 0.255 e. The van der Waals surface area contributed by atoms with Gasteiger partial charge in [-0.15, -0.1) is 0 Å². The van der Waals surface area contributed by atoms with Gasteiger partial charge in [0.2, 0.25) is 10.0 Å². The van der Waals surface area contributed by atoms with Gasteiger partial charge in [0.05, 0.1) is 16.5 Å². The van der Waals surface area contributed by atoms with E-state index in [4.69, 9.17) is 9.56 Å². The lowest BCUT2D eigenvalue weighted by Gasteiger charge is -2.14. The van der Waals surface area contributed by atoms with Crippen molar-refractivity contribution in [1.82, 2.24) is 5.32 Å². The molecule has 0 aliphatic carbocycles. The summed E-state index contributed by atoms with van der Waals surface area (Å²) in [5, 5.41) is 7.86. The summed E-state index contributed by atoms with van der Waals surface area (Å²) in [6.45, 7) is 3.50. The first-order valence-electron chi connectivity index (χ1n) is 6.26. The van der Waals surface area contributed by atoms with E-state index in [0.717, 1.165) is 0 Å². The van der Waals surface area contributed by atoms with Crippen LogP contribution in [0.1, 0.15) is 34.6 Å². The Morgan fingerprint density at radius 2 is 2.05 bits per heavy atom. The van der Waals surface area contributed by atoms with Gasteiger partial charge in [0, 0.05) is 0 Å². The number of rotatable bonds is 4. The highest BCUT2D eigenvalue weighted by atomic mass is 32.2. The van der Waals surface area contributed by atoms with Gasteiger partial charge in [0.1, 0.15) is 12.0 Å². The van der Waals surface area contributed by atoms with Gasteiger partial charge >= 0.3 is 0 Å². The molecule has 1 amide bonds. The van der Waals surface area contributed by atoms with Gasteiger partial charge in [-0.2, -0.15) is 0 Å². The van der Waals surface area contributed by atoms with Crippen LogP contribution in [0, 0.1) is 6.92 Å². The molecule has 6 nitrogen and oxygen atoms in total. The Morgan fingerprint density at radius 3 is 2.62 bits per heavy atom. The number of hydrogen-bond donors (Lipinski definition) is 2. The molecule has 0 radical (unpaired) electrons. The Kier molecular flexibility index (Phi) is 4.15. The number of hydrogen-bond acceptors (Lipinski definition) is 4. The normalized spacial score (nSPS) is 12.9. The van der Waals surface area contributed by atoms with Gasteiger partial charge in [-0.25, -0.2) is 13.6 Å². The minimum atomic E-state index is -3.76. The first-order chi connectivity index (χ1) is 9.77. The van der Waals surface area contributed by atoms with Crippen LogP contribution in [-0.4, -0.2) is 14.3 Å². The highest BCUT2D eigenvalue weighted by Gasteiger charge is 2.15. The predicted molar refractivity (Wildman–Crippen MR) is 77.1 cm³/mol. The second kappa shape index (κ2) is 5.71. The van der Waals surface area contributed by atoms with Gasteiger partial charge in [-0.1, -0.05) is 12.1 Å². The van der Waals surface area contributed by atoms with E-state index in [1.807, 2.05) is 0 Å². The molecule has 7 heteroatoms. The molecule has 0 bridgehead atoms. The lowest BCUT2D eigenvalue weighted by atomic mass is 10.1. The highest BCUT2D eigenvalue weighted by molar-refractivity contribution is 7.89. The number of primary sulfonamides is 1. The van der Waals surface area contributed by atoms with E-state index in [-0.39, 0.29) is 16.8 Å². The van der Waals surface area contributed by atoms with Crippen LogP contribution in [0.2, 0.25) is 0 Å². The number of sulfonamides is 1. The first kappa shape index (κ1) is 15.3. The maximum Gasteiger partial charge on any atom is 0.255 e. The zero-order valence-electron chi connectivity index (χ0n) is 11.7. The van der Waals surface area contributed by atoms with Crippen molar-refractivity contribution in [2.24, 2.45) is 5.14 Å². The molecule has 1 atom stereocenters. The molecule has 0 fully saturated rings. The standard InChI is InChI=1S/C14H16N2O4S/c1-9-6-12(8-20-9)14(17)16-10(2)11-4-3-5-13(7-11)21(15,18)19/h3-8,10H,1-2H3,(H,16,17)(H2,15,18,19). The number of benzene rings is 1. The summed E-state index contributed by atoms with van der Waals surface area (Å²) in [5.74, 6) is 0.351. The number of nitrogens with two attached hydrogens (primary N) is 1. The monoisotopic (exact) mass is 308 g/mol. The second-order valence-corrected chi connectivity index (χ2v) is 6.32. The molecule has 0 saturated carbocycles. The Bertz CT molecular complexity index is 765. The molecule has 1 aromatic carbocycles. The van der Waals surface area contributed by atoms with E-state index in [1.54, 1.807) is 32.0 Å². The van der Waals surface area contributed by atoms with Crippen LogP contribution in [0.5, 0.6) is 0 Å². The number of aryl methyl sites for hydroxylation is 1. The molecule has 0 saturated heterocycles. The van der Waals surface area contributed by atoms with Crippen molar-refractivity contribution >= 4 is 15.9 Å². The minimum Gasteiger partial charge on any atom is -0.469 e. The molecule has 0 spiro atoms. The van der Waals surface area contributed by atoms with Crippen LogP contribution in [-0.2, 0) is 10.0 Å². The quantitative estimate of drug-likeness (QED) is 0.897. The molecule has 0 aliphatic heterocycles. The lowest BCUT2D eigenvalue weighted by molar-refractivity contribution is 0.0939. The largest absolute Gasteiger partial charge is 0.469 e. The number of amides is 1. The van der Waals surface area contributed by atoms with Crippen LogP contribution < -0.4 is 10.5 Å². The molecule has 1 unspecified atom stereocenters. The Labute approximate surface area is 123 Å². The summed E-state index contributed by atoms with van der Waals surface area (Å²) in [7, 11) is -3.76. The average molecular weight is 308 g/mol. The maximum atomic E-state index is 12.0. The summed E-state index contributed by atoms with van der Waals surface area (Å²) in [6, 6.07) is 7.42. The van der Waals surface area contributed by atoms with Gasteiger partial charge in [0.15, 0.2) is 0 Å². The van der Waals surface area contributed by atoms with Crippen LogP contribution in [0.4, 0.5) is 0 Å². The van der Waals surface area contributed by atoms with Gasteiger partial charge in [-0.3, -0.25) is 4.79 Å². The molecule has 2 aromatic rings. The van der Waals surface area contributed by atoms with E-state index in [2.05, 4.69) is 5.32 Å². The molecule has 3 N–H and O–H groups in total. The summed E-state index contributed by atoms with van der Waals surface area (Å²) < 4.78 is 27.7. The molecule has 1 aromatic heterocycles. The van der Waals surface area contributed by atoms with Crippen molar-refractivity contribution in [2.75, 3.05) is 0 Å². The van der Waals surface area contributed by atoms with Crippen molar-refractivity contribution in [3.8, 4) is 0 Å². The third-order valence-corrected chi connectivity index (χ3v) is 3.94. The second-order valence-electron chi connectivity index (χ2n) is 4.76. The van der Waals surface area contributed by atoms with E-state index < -0.39 is 10.0 Å². The van der Waals surface area contributed by atoms with Crippen LogP contribution >= 0.6 is 0 Å². The lowest BCUT2D eigenvalue weighted by Crippen LogP contribution is -2.26. The summed E-state index contributed by atoms with van der Waals surface area (Å²) in [5.41, 5.74) is 1.07. The Balaban J connectivity index is 2.17. The fraction of sp³-hybridized carbons (Fsp3) is 0.214. The Morgan fingerprint density at radius 1 is 1.33 bits per heavy atom. The molecular weight excluding hydrogens is 292 g/mol. The summed E-state index contributed by atoms with van der Waals surface area (Å²) in [6.07, 6.45) is 1.37. The van der Waals surface area contributed by atoms with Gasteiger partial charge < -0.3 is 9.73 Å². The molecule has 2 rings (SSSR count).